The lowest BCUT2D eigenvalue weighted by atomic mass is 10.1. The molecule has 3 rings (SSSR count). The van der Waals surface area contributed by atoms with Gasteiger partial charge in [0.05, 0.1) is 25.1 Å². The number of benzene rings is 2. The number of H-pyrrole nitrogens is 1. The van der Waals surface area contributed by atoms with Crippen molar-refractivity contribution in [1.29, 1.82) is 0 Å². The summed E-state index contributed by atoms with van der Waals surface area (Å²) in [6, 6.07) is 14.2. The first kappa shape index (κ1) is 25.8. The van der Waals surface area contributed by atoms with Crippen molar-refractivity contribution in [2.75, 3.05) is 13.2 Å². The number of carbonyl (C=O) groups excluding carboxylic acids is 1. The molecule has 1 aromatic heterocycles. The molecule has 0 radical (unpaired) electrons. The summed E-state index contributed by atoms with van der Waals surface area (Å²) in [5, 5.41) is 20.7. The molecule has 2 aromatic carbocycles. The Kier molecular flexibility index (Phi) is 10.2. The Balaban J connectivity index is 1.48. The summed E-state index contributed by atoms with van der Waals surface area (Å²) in [5.74, 6) is 0.824. The molecule has 0 saturated heterocycles. The molecule has 0 aliphatic heterocycles. The molecule has 0 spiro atoms. The van der Waals surface area contributed by atoms with E-state index in [1.54, 1.807) is 18.2 Å². The van der Waals surface area contributed by atoms with Crippen molar-refractivity contribution in [3.05, 3.63) is 59.8 Å². The number of rotatable bonds is 14. The predicted molar refractivity (Wildman–Crippen MR) is 137 cm³/mol. The van der Waals surface area contributed by atoms with Gasteiger partial charge in [0.2, 0.25) is 0 Å². The fourth-order valence-electron chi connectivity index (χ4n) is 3.49. The molecule has 0 atom stereocenters. The molecule has 1 heterocycles. The number of hydrogen-bond donors (Lipinski definition) is 3. The van der Waals surface area contributed by atoms with Crippen molar-refractivity contribution >= 4 is 12.1 Å². The normalized spacial score (nSPS) is 11.0. The molecule has 0 unspecified atom stereocenters. The minimum absolute atomic E-state index is 0.0513. The Morgan fingerprint density at radius 1 is 1.03 bits per heavy atom. The number of ether oxygens (including phenoxy) is 2. The zero-order valence-electron chi connectivity index (χ0n) is 20.4. The number of hydrazone groups is 1. The molecular weight excluding hydrogens is 444 g/mol. The third kappa shape index (κ3) is 8.17. The van der Waals surface area contributed by atoms with Gasteiger partial charge in [-0.1, -0.05) is 39.0 Å². The van der Waals surface area contributed by atoms with Gasteiger partial charge in [-0.05, 0) is 67.4 Å². The van der Waals surface area contributed by atoms with Crippen molar-refractivity contribution < 1.29 is 19.4 Å². The van der Waals surface area contributed by atoms with Gasteiger partial charge in [-0.3, -0.25) is 9.89 Å². The van der Waals surface area contributed by atoms with E-state index in [0.29, 0.717) is 29.3 Å². The van der Waals surface area contributed by atoms with E-state index in [-0.39, 0.29) is 5.75 Å². The summed E-state index contributed by atoms with van der Waals surface area (Å²) < 4.78 is 11.2. The number of unbranched alkanes of at least 4 members (excludes halogenated alkanes) is 5. The molecule has 186 valence electrons. The van der Waals surface area contributed by atoms with Crippen LogP contribution < -0.4 is 14.9 Å². The first-order chi connectivity index (χ1) is 17.1. The lowest BCUT2D eigenvalue weighted by Gasteiger charge is -2.06. The highest BCUT2D eigenvalue weighted by Crippen LogP contribution is 2.26. The van der Waals surface area contributed by atoms with Crippen LogP contribution in [-0.2, 0) is 0 Å². The summed E-state index contributed by atoms with van der Waals surface area (Å²) in [7, 11) is 0. The summed E-state index contributed by atoms with van der Waals surface area (Å²) in [4.78, 5) is 12.4. The van der Waals surface area contributed by atoms with Crippen LogP contribution in [0.4, 0.5) is 0 Å². The Morgan fingerprint density at radius 2 is 1.80 bits per heavy atom. The highest BCUT2D eigenvalue weighted by molar-refractivity contribution is 5.94. The van der Waals surface area contributed by atoms with E-state index < -0.39 is 5.91 Å². The molecule has 8 heteroatoms. The van der Waals surface area contributed by atoms with E-state index in [4.69, 9.17) is 9.47 Å². The second-order valence-electron chi connectivity index (χ2n) is 8.17. The summed E-state index contributed by atoms with van der Waals surface area (Å²) >= 11 is 0. The van der Waals surface area contributed by atoms with E-state index in [0.717, 1.165) is 24.3 Å². The second kappa shape index (κ2) is 13.8. The van der Waals surface area contributed by atoms with E-state index >= 15 is 0 Å². The predicted octanol–water partition coefficient (Wildman–Crippen LogP) is 5.68. The monoisotopic (exact) mass is 478 g/mol. The molecular formula is C27H34N4O4. The largest absolute Gasteiger partial charge is 0.504 e. The van der Waals surface area contributed by atoms with E-state index in [9.17, 15) is 9.90 Å². The Bertz CT molecular complexity index is 1090. The molecule has 3 N–H and O–H groups in total. The van der Waals surface area contributed by atoms with Crippen molar-refractivity contribution in [1.82, 2.24) is 15.6 Å². The quantitative estimate of drug-likeness (QED) is 0.157. The Hall–Kier alpha value is -3.81. The maximum Gasteiger partial charge on any atom is 0.289 e. The molecule has 0 aliphatic carbocycles. The highest BCUT2D eigenvalue weighted by atomic mass is 16.5. The fraction of sp³-hybridized carbons (Fsp3) is 0.370. The Labute approximate surface area is 206 Å². The molecule has 1 amide bonds. The van der Waals surface area contributed by atoms with Crippen LogP contribution in [0.5, 0.6) is 17.2 Å². The van der Waals surface area contributed by atoms with Gasteiger partial charge in [0.25, 0.3) is 5.91 Å². The topological polar surface area (TPSA) is 109 Å². The second-order valence-corrected chi connectivity index (χ2v) is 8.17. The van der Waals surface area contributed by atoms with Gasteiger partial charge >= 0.3 is 0 Å². The molecule has 0 saturated carbocycles. The smallest absolute Gasteiger partial charge is 0.289 e. The zero-order chi connectivity index (χ0) is 24.9. The zero-order valence-corrected chi connectivity index (χ0v) is 20.4. The molecule has 8 nitrogen and oxygen atoms in total. The lowest BCUT2D eigenvalue weighted by molar-refractivity contribution is 0.0950. The van der Waals surface area contributed by atoms with Crippen LogP contribution in [0, 0.1) is 0 Å². The van der Waals surface area contributed by atoms with Gasteiger partial charge in [-0.15, -0.1) is 0 Å². The van der Waals surface area contributed by atoms with Crippen molar-refractivity contribution in [3.63, 3.8) is 0 Å². The van der Waals surface area contributed by atoms with Crippen molar-refractivity contribution in [2.45, 2.75) is 52.4 Å². The van der Waals surface area contributed by atoms with Crippen LogP contribution in [0.1, 0.15) is 68.4 Å². The van der Waals surface area contributed by atoms with E-state index in [1.165, 1.54) is 44.4 Å². The number of aromatic amines is 1. The fourth-order valence-corrected chi connectivity index (χ4v) is 3.49. The van der Waals surface area contributed by atoms with Gasteiger partial charge in [0.1, 0.15) is 11.4 Å². The highest BCUT2D eigenvalue weighted by Gasteiger charge is 2.11. The molecule has 0 aliphatic rings. The van der Waals surface area contributed by atoms with Gasteiger partial charge in [0, 0.05) is 5.56 Å². The minimum atomic E-state index is -0.414. The van der Waals surface area contributed by atoms with Crippen LogP contribution >= 0.6 is 0 Å². The number of phenols is 1. The maximum atomic E-state index is 12.4. The molecule has 35 heavy (non-hydrogen) atoms. The lowest BCUT2D eigenvalue weighted by Crippen LogP contribution is -2.18. The third-order valence-electron chi connectivity index (χ3n) is 5.40. The average Bonchev–Trinajstić information content (AvgIpc) is 3.36. The number of aromatic nitrogens is 2. The average molecular weight is 479 g/mol. The Morgan fingerprint density at radius 3 is 2.57 bits per heavy atom. The number of phenolic OH excluding ortho intramolecular Hbond substituents is 1. The number of carbonyl (C=O) groups is 1. The van der Waals surface area contributed by atoms with Crippen molar-refractivity contribution in [3.8, 4) is 28.5 Å². The third-order valence-corrected chi connectivity index (χ3v) is 5.40. The number of nitrogens with one attached hydrogen (secondary N) is 2. The SMILES string of the molecule is CCCCCCCCOc1ccc(-c2cc(C(=O)N/N=C\c3ccc(O)c(OCC)c3)[nH]n2)cc1. The minimum Gasteiger partial charge on any atom is -0.504 e. The van der Waals surface area contributed by atoms with Crippen molar-refractivity contribution in [2.24, 2.45) is 5.10 Å². The number of nitrogens with zero attached hydrogens (tertiary/aromatic N) is 2. The summed E-state index contributed by atoms with van der Waals surface area (Å²) in [6.45, 7) is 5.20. The first-order valence-electron chi connectivity index (χ1n) is 12.2. The van der Waals surface area contributed by atoms with Crippen LogP contribution in [0.15, 0.2) is 53.6 Å². The van der Waals surface area contributed by atoms with Gasteiger partial charge in [-0.2, -0.15) is 10.2 Å². The number of aromatic hydroxyl groups is 1. The van der Waals surface area contributed by atoms with Gasteiger partial charge in [0.15, 0.2) is 11.5 Å². The summed E-state index contributed by atoms with van der Waals surface area (Å²) in [6.07, 6.45) is 8.87. The van der Waals surface area contributed by atoms with Gasteiger partial charge in [-0.25, -0.2) is 5.43 Å². The van der Waals surface area contributed by atoms with Crippen LogP contribution in [0.2, 0.25) is 0 Å². The van der Waals surface area contributed by atoms with E-state index in [1.807, 2.05) is 31.2 Å². The molecule has 0 bridgehead atoms. The summed E-state index contributed by atoms with van der Waals surface area (Å²) in [5.41, 5.74) is 4.97. The van der Waals surface area contributed by atoms with Gasteiger partial charge < -0.3 is 14.6 Å². The van der Waals surface area contributed by atoms with Crippen LogP contribution in [0.25, 0.3) is 11.3 Å². The molecule has 3 aromatic rings. The van der Waals surface area contributed by atoms with E-state index in [2.05, 4.69) is 27.6 Å². The molecule has 0 fully saturated rings. The standard InChI is InChI=1S/C27H34N4O4/c1-3-5-6-7-8-9-16-35-22-13-11-21(12-14-22)23-18-24(30-29-23)27(33)31-28-19-20-10-15-25(32)26(17-20)34-4-2/h10-15,17-19,32H,3-9,16H2,1-2H3,(H,29,30)(H,31,33)/b28-19-. The number of amides is 1. The number of hydrogen-bond acceptors (Lipinski definition) is 6. The van der Waals surface area contributed by atoms with Crippen LogP contribution in [0.3, 0.4) is 0 Å². The maximum absolute atomic E-state index is 12.4. The first-order valence-corrected chi connectivity index (χ1v) is 12.2. The van der Waals surface area contributed by atoms with Crippen LogP contribution in [-0.4, -0.2) is 40.6 Å².